The molecule has 5 rings (SSSR count). The number of benzene rings is 4. The largest absolute Gasteiger partial charge is 0.496 e. The quantitative estimate of drug-likeness (QED) is 0.0474. The monoisotopic (exact) mass is 725 g/mol. The molecule has 3 amide bonds. The van der Waals surface area contributed by atoms with Crippen molar-refractivity contribution in [1.29, 1.82) is 0 Å². The highest BCUT2D eigenvalue weighted by Crippen LogP contribution is 2.36. The number of rotatable bonds is 14. The maximum absolute atomic E-state index is 13.7. The van der Waals surface area contributed by atoms with E-state index in [9.17, 15) is 24.5 Å². The number of carbonyl (C=O) groups excluding carboxylic acids is 3. The van der Waals surface area contributed by atoms with Crippen molar-refractivity contribution >= 4 is 63.4 Å². The van der Waals surface area contributed by atoms with E-state index in [1.807, 2.05) is 0 Å². The van der Waals surface area contributed by atoms with Crippen LogP contribution < -0.4 is 30.2 Å². The van der Waals surface area contributed by atoms with Gasteiger partial charge in [0.2, 0.25) is 5.91 Å². The van der Waals surface area contributed by atoms with Gasteiger partial charge in [0.15, 0.2) is 16.6 Å². The van der Waals surface area contributed by atoms with Gasteiger partial charge in [-0.25, -0.2) is 4.98 Å². The van der Waals surface area contributed by atoms with Crippen molar-refractivity contribution < 1.29 is 33.5 Å². The molecule has 0 spiro atoms. The molecule has 0 unspecified atom stereocenters. The Hall–Kier alpha value is -6.19. The number of nitrogens with zero attached hydrogens (tertiary/aromatic N) is 2. The molecule has 3 N–H and O–H groups in total. The number of ether oxygens (including phenoxy) is 3. The number of thiazole rings is 1. The SMILES string of the molecule is COc1cc(OC)c(OC)cc1/C=C(/NC(=O)c1ccccc1)C(=O)Nc1cccc(SCC(=O)Nc2nc(-c3cccc([N+](=O)[O-])c3)cs2)c1. The van der Waals surface area contributed by atoms with E-state index in [2.05, 4.69) is 20.9 Å². The fraction of sp³-hybridized carbons (Fsp3) is 0.111. The molecule has 13 nitrogen and oxygen atoms in total. The summed E-state index contributed by atoms with van der Waals surface area (Å²) < 4.78 is 16.3. The summed E-state index contributed by atoms with van der Waals surface area (Å²) in [6.45, 7) is 0. The van der Waals surface area contributed by atoms with Crippen molar-refractivity contribution in [3.63, 3.8) is 0 Å². The summed E-state index contributed by atoms with van der Waals surface area (Å²) in [6.07, 6.45) is 1.48. The van der Waals surface area contributed by atoms with Crippen molar-refractivity contribution in [2.24, 2.45) is 0 Å². The fourth-order valence-electron chi connectivity index (χ4n) is 4.67. The van der Waals surface area contributed by atoms with E-state index in [1.54, 1.807) is 84.2 Å². The molecule has 0 saturated heterocycles. The minimum Gasteiger partial charge on any atom is -0.496 e. The Balaban J connectivity index is 1.29. The Morgan fingerprint density at radius 3 is 2.31 bits per heavy atom. The van der Waals surface area contributed by atoms with Gasteiger partial charge in [0.1, 0.15) is 11.4 Å². The summed E-state index contributed by atoms with van der Waals surface area (Å²) in [7, 11) is 4.44. The van der Waals surface area contributed by atoms with Crippen molar-refractivity contribution in [1.82, 2.24) is 10.3 Å². The Morgan fingerprint density at radius 2 is 1.59 bits per heavy atom. The lowest BCUT2D eigenvalue weighted by Crippen LogP contribution is -2.30. The van der Waals surface area contributed by atoms with Crippen LogP contribution in [0.15, 0.2) is 107 Å². The summed E-state index contributed by atoms with van der Waals surface area (Å²) in [4.78, 5) is 55.3. The van der Waals surface area contributed by atoms with Crippen LogP contribution in [0.2, 0.25) is 0 Å². The second-order valence-electron chi connectivity index (χ2n) is 10.5. The van der Waals surface area contributed by atoms with Crippen molar-refractivity contribution in [3.05, 3.63) is 123 Å². The molecule has 0 fully saturated rings. The molecular formula is C36H31N5O8S2. The lowest BCUT2D eigenvalue weighted by atomic mass is 10.1. The van der Waals surface area contributed by atoms with E-state index in [0.717, 1.165) is 0 Å². The van der Waals surface area contributed by atoms with Gasteiger partial charge in [-0.2, -0.15) is 0 Å². The highest BCUT2D eigenvalue weighted by Gasteiger charge is 2.19. The van der Waals surface area contributed by atoms with E-state index < -0.39 is 16.7 Å². The zero-order valence-corrected chi connectivity index (χ0v) is 29.1. The molecular weight excluding hydrogens is 695 g/mol. The molecule has 0 aliphatic rings. The molecule has 51 heavy (non-hydrogen) atoms. The van der Waals surface area contributed by atoms with Crippen LogP contribution in [-0.4, -0.2) is 54.7 Å². The first-order valence-electron chi connectivity index (χ1n) is 15.1. The van der Waals surface area contributed by atoms with Gasteiger partial charge in [-0.15, -0.1) is 23.1 Å². The third-order valence-corrected chi connectivity index (χ3v) is 8.88. The summed E-state index contributed by atoms with van der Waals surface area (Å²) in [5.74, 6) is -0.186. The first-order chi connectivity index (χ1) is 24.7. The minimum atomic E-state index is -0.612. The lowest BCUT2D eigenvalue weighted by molar-refractivity contribution is -0.384. The predicted octanol–water partition coefficient (Wildman–Crippen LogP) is 6.88. The second-order valence-corrected chi connectivity index (χ2v) is 12.4. The number of thioether (sulfide) groups is 1. The van der Waals surface area contributed by atoms with E-state index in [-0.39, 0.29) is 23.0 Å². The Kier molecular flexibility index (Phi) is 12.0. The Bertz CT molecular complexity index is 2100. The van der Waals surface area contributed by atoms with Crippen LogP contribution in [0.25, 0.3) is 17.3 Å². The highest BCUT2D eigenvalue weighted by molar-refractivity contribution is 8.00. The maximum Gasteiger partial charge on any atom is 0.272 e. The van der Waals surface area contributed by atoms with Crippen molar-refractivity contribution in [3.8, 4) is 28.5 Å². The van der Waals surface area contributed by atoms with E-state index in [0.29, 0.717) is 55.3 Å². The number of hydrogen-bond acceptors (Lipinski definition) is 11. The molecule has 0 atom stereocenters. The van der Waals surface area contributed by atoms with Crippen LogP contribution in [0.3, 0.4) is 0 Å². The fourth-order valence-corrected chi connectivity index (χ4v) is 6.16. The van der Waals surface area contributed by atoms with Gasteiger partial charge < -0.3 is 30.2 Å². The Morgan fingerprint density at radius 1 is 0.863 bits per heavy atom. The molecule has 0 bridgehead atoms. The van der Waals surface area contributed by atoms with Crippen LogP contribution in [0.5, 0.6) is 17.2 Å². The average molecular weight is 726 g/mol. The van der Waals surface area contributed by atoms with E-state index in [1.165, 1.54) is 62.6 Å². The van der Waals surface area contributed by atoms with Crippen molar-refractivity contribution in [2.75, 3.05) is 37.7 Å². The van der Waals surface area contributed by atoms with Gasteiger partial charge >= 0.3 is 0 Å². The number of nitro groups is 1. The molecule has 0 aliphatic heterocycles. The summed E-state index contributed by atoms with van der Waals surface area (Å²) in [6, 6.07) is 24.7. The molecule has 0 aliphatic carbocycles. The molecule has 1 aromatic heterocycles. The molecule has 5 aromatic rings. The smallest absolute Gasteiger partial charge is 0.272 e. The van der Waals surface area contributed by atoms with Gasteiger partial charge in [-0.05, 0) is 42.5 Å². The maximum atomic E-state index is 13.7. The number of carbonyl (C=O) groups is 3. The zero-order chi connectivity index (χ0) is 36.3. The molecule has 1 heterocycles. The van der Waals surface area contributed by atoms with E-state index in [4.69, 9.17) is 14.2 Å². The number of nitrogens with one attached hydrogen (secondary N) is 3. The van der Waals surface area contributed by atoms with Gasteiger partial charge in [-0.3, -0.25) is 24.5 Å². The molecule has 15 heteroatoms. The summed E-state index contributed by atoms with van der Waals surface area (Å²) >= 11 is 2.44. The Labute approximate surface area is 300 Å². The average Bonchev–Trinajstić information content (AvgIpc) is 3.62. The summed E-state index contributed by atoms with van der Waals surface area (Å²) in [5.41, 5.74) is 2.17. The zero-order valence-electron chi connectivity index (χ0n) is 27.5. The molecule has 260 valence electrons. The van der Waals surface area contributed by atoms with Crippen LogP contribution in [0.1, 0.15) is 15.9 Å². The van der Waals surface area contributed by atoms with Gasteiger partial charge in [-0.1, -0.05) is 36.4 Å². The van der Waals surface area contributed by atoms with Crippen LogP contribution in [-0.2, 0) is 9.59 Å². The number of anilines is 2. The third-order valence-electron chi connectivity index (χ3n) is 7.13. The normalized spacial score (nSPS) is 10.9. The minimum absolute atomic E-state index is 0.0422. The highest BCUT2D eigenvalue weighted by atomic mass is 32.2. The van der Waals surface area contributed by atoms with Gasteiger partial charge in [0.05, 0.1) is 37.7 Å². The molecule has 4 aromatic carbocycles. The first kappa shape index (κ1) is 36.1. The number of methoxy groups -OCH3 is 3. The van der Waals surface area contributed by atoms with Crippen LogP contribution in [0.4, 0.5) is 16.5 Å². The van der Waals surface area contributed by atoms with E-state index >= 15 is 0 Å². The first-order valence-corrected chi connectivity index (χ1v) is 17.0. The standard InChI is InChI=1S/C36H31N5O8S2/c1-47-30-19-32(49-3)31(48-2)17-24(30)16-28(38-34(43)22-9-5-4-6-10-22)35(44)37-25-12-8-14-27(18-25)50-21-33(42)40-36-39-29(20-51-36)23-11-7-13-26(15-23)41(45)46/h4-20H,21H2,1-3H3,(H,37,44)(H,38,43)(H,39,40,42)/b28-16+. The number of aromatic nitrogens is 1. The van der Waals surface area contributed by atoms with Gasteiger partial charge in [0, 0.05) is 50.9 Å². The molecule has 0 radical (unpaired) electrons. The number of non-ortho nitro benzene ring substituents is 1. The number of amides is 3. The topological polar surface area (TPSA) is 171 Å². The van der Waals surface area contributed by atoms with Crippen LogP contribution in [0, 0.1) is 10.1 Å². The second kappa shape index (κ2) is 17.0. The van der Waals surface area contributed by atoms with Gasteiger partial charge in [0.25, 0.3) is 17.5 Å². The number of nitro benzene ring substituents is 1. The molecule has 0 saturated carbocycles. The lowest BCUT2D eigenvalue weighted by Gasteiger charge is -2.15. The predicted molar refractivity (Wildman–Crippen MR) is 197 cm³/mol. The summed E-state index contributed by atoms with van der Waals surface area (Å²) in [5, 5.41) is 21.5. The van der Waals surface area contributed by atoms with Crippen LogP contribution >= 0.6 is 23.1 Å². The van der Waals surface area contributed by atoms with Crippen molar-refractivity contribution in [2.45, 2.75) is 4.90 Å². The third kappa shape index (κ3) is 9.49. The number of hydrogen-bond donors (Lipinski definition) is 3.